The molecule has 0 N–H and O–H groups in total. The molecule has 1 spiro atoms. The van der Waals surface area contributed by atoms with Crippen LogP contribution in [0.2, 0.25) is 0 Å². The zero-order valence-electron chi connectivity index (χ0n) is 34.5. The van der Waals surface area contributed by atoms with Gasteiger partial charge in [-0.1, -0.05) is 175 Å². The Kier molecular flexibility index (Phi) is 8.36. The first-order valence-corrected chi connectivity index (χ1v) is 21.1. The van der Waals surface area contributed by atoms with E-state index < -0.39 is 5.41 Å². The lowest BCUT2D eigenvalue weighted by Crippen LogP contribution is -2.28. The minimum Gasteiger partial charge on any atom is -0.310 e. The molecule has 1 unspecified atom stereocenters. The summed E-state index contributed by atoms with van der Waals surface area (Å²) in [5.41, 5.74) is 26.3. The van der Waals surface area contributed by atoms with Gasteiger partial charge in [0.05, 0.1) is 11.1 Å². The van der Waals surface area contributed by atoms with Crippen molar-refractivity contribution >= 4 is 17.1 Å². The lowest BCUT2D eigenvalue weighted by Gasteiger charge is -2.34. The average Bonchev–Trinajstić information content (AvgIpc) is 3.78. The van der Waals surface area contributed by atoms with Crippen molar-refractivity contribution in [1.82, 2.24) is 0 Å². The number of fused-ring (bicyclic) bond motifs is 10. The standard InChI is InChI=1S/C59H45N/c1-38-25-36-50-53(37-38)59(52-23-13-15-39(2)55(50)52)57-41(4)27-26-40(3)56(57)51-22-14-21-49(58(51)59)48-20-11-12-24-54(48)60(46-32-28-44(29-33-46)42-16-7-5-8-17-42)47-34-30-45(31-35-47)43-18-9-6-10-19-43/h5-37H,1-4H3. The minimum atomic E-state index is -0.493. The predicted molar refractivity (Wildman–Crippen MR) is 253 cm³/mol. The summed E-state index contributed by atoms with van der Waals surface area (Å²) < 4.78 is 0. The van der Waals surface area contributed by atoms with Gasteiger partial charge in [-0.2, -0.15) is 0 Å². The molecule has 1 nitrogen and oxygen atoms in total. The minimum absolute atomic E-state index is 0.493. The number of hydrogen-bond donors (Lipinski definition) is 0. The molecule has 2 aliphatic carbocycles. The molecule has 11 rings (SSSR count). The highest BCUT2D eigenvalue weighted by Crippen LogP contribution is 2.66. The first-order valence-electron chi connectivity index (χ1n) is 21.1. The van der Waals surface area contributed by atoms with Crippen molar-refractivity contribution in [1.29, 1.82) is 0 Å². The van der Waals surface area contributed by atoms with Gasteiger partial charge in [0.1, 0.15) is 0 Å². The maximum atomic E-state index is 2.48. The van der Waals surface area contributed by atoms with Gasteiger partial charge >= 0.3 is 0 Å². The summed E-state index contributed by atoms with van der Waals surface area (Å²) in [6.07, 6.45) is 0. The Hall–Kier alpha value is -7.22. The Morgan fingerprint density at radius 2 is 0.867 bits per heavy atom. The first-order chi connectivity index (χ1) is 29.4. The number of benzene rings is 9. The maximum Gasteiger partial charge on any atom is 0.0734 e. The van der Waals surface area contributed by atoms with Gasteiger partial charge in [-0.25, -0.2) is 0 Å². The number of nitrogens with zero attached hydrogens (tertiary/aromatic N) is 1. The molecular weight excluding hydrogens is 723 g/mol. The highest BCUT2D eigenvalue weighted by atomic mass is 15.1. The van der Waals surface area contributed by atoms with Gasteiger partial charge in [0.25, 0.3) is 0 Å². The van der Waals surface area contributed by atoms with Crippen molar-refractivity contribution in [3.05, 3.63) is 245 Å². The molecule has 0 saturated heterocycles. The molecule has 0 bridgehead atoms. The number of anilines is 3. The zero-order chi connectivity index (χ0) is 40.5. The molecule has 1 atom stereocenters. The number of rotatable bonds is 6. The Balaban J connectivity index is 1.19. The lowest BCUT2D eigenvalue weighted by atomic mass is 9.67. The van der Waals surface area contributed by atoms with Crippen molar-refractivity contribution in [2.75, 3.05) is 4.90 Å². The van der Waals surface area contributed by atoms with Gasteiger partial charge < -0.3 is 4.90 Å². The van der Waals surface area contributed by atoms with Crippen LogP contribution in [0.5, 0.6) is 0 Å². The van der Waals surface area contributed by atoms with Crippen LogP contribution in [0, 0.1) is 27.7 Å². The first kappa shape index (κ1) is 35.9. The van der Waals surface area contributed by atoms with E-state index >= 15 is 0 Å². The zero-order valence-corrected chi connectivity index (χ0v) is 34.5. The maximum absolute atomic E-state index is 2.48. The molecule has 0 aromatic heterocycles. The molecule has 0 aliphatic heterocycles. The summed E-state index contributed by atoms with van der Waals surface area (Å²) in [6.45, 7) is 9.15. The second-order valence-corrected chi connectivity index (χ2v) is 16.7. The van der Waals surface area contributed by atoms with E-state index in [0.717, 1.165) is 17.1 Å². The van der Waals surface area contributed by atoms with E-state index in [9.17, 15) is 0 Å². The van der Waals surface area contributed by atoms with Crippen molar-refractivity contribution in [3.8, 4) is 55.6 Å². The topological polar surface area (TPSA) is 3.24 Å². The Morgan fingerprint density at radius 1 is 0.333 bits per heavy atom. The molecule has 60 heavy (non-hydrogen) atoms. The predicted octanol–water partition coefficient (Wildman–Crippen LogP) is 15.7. The molecule has 0 radical (unpaired) electrons. The van der Waals surface area contributed by atoms with Crippen LogP contribution in [0.3, 0.4) is 0 Å². The van der Waals surface area contributed by atoms with Crippen LogP contribution in [-0.4, -0.2) is 0 Å². The van der Waals surface area contributed by atoms with Gasteiger partial charge in [-0.15, -0.1) is 0 Å². The van der Waals surface area contributed by atoms with E-state index in [-0.39, 0.29) is 0 Å². The normalized spacial score (nSPS) is 14.4. The Morgan fingerprint density at radius 3 is 1.53 bits per heavy atom. The molecule has 286 valence electrons. The highest BCUT2D eigenvalue weighted by Gasteiger charge is 2.54. The van der Waals surface area contributed by atoms with Gasteiger partial charge in [0.2, 0.25) is 0 Å². The summed E-state index contributed by atoms with van der Waals surface area (Å²) in [5, 5.41) is 0. The third kappa shape index (κ3) is 5.32. The van der Waals surface area contributed by atoms with E-state index in [2.05, 4.69) is 233 Å². The highest BCUT2D eigenvalue weighted by molar-refractivity contribution is 6.02. The fraction of sp³-hybridized carbons (Fsp3) is 0.0847. The third-order valence-electron chi connectivity index (χ3n) is 13.1. The fourth-order valence-corrected chi connectivity index (χ4v) is 10.6. The smallest absolute Gasteiger partial charge is 0.0734 e. The van der Waals surface area contributed by atoms with Crippen LogP contribution in [-0.2, 0) is 5.41 Å². The molecule has 0 amide bonds. The number of aryl methyl sites for hydroxylation is 4. The van der Waals surface area contributed by atoms with Crippen molar-refractivity contribution < 1.29 is 0 Å². The largest absolute Gasteiger partial charge is 0.310 e. The second-order valence-electron chi connectivity index (χ2n) is 16.7. The Labute approximate surface area is 353 Å². The second kappa shape index (κ2) is 14.0. The van der Waals surface area contributed by atoms with E-state index in [0.29, 0.717) is 0 Å². The van der Waals surface area contributed by atoms with Crippen LogP contribution in [0.25, 0.3) is 55.6 Å². The summed E-state index contributed by atoms with van der Waals surface area (Å²) in [4.78, 5) is 2.45. The quantitative estimate of drug-likeness (QED) is 0.163. The average molecular weight is 768 g/mol. The fourth-order valence-electron chi connectivity index (χ4n) is 10.6. The van der Waals surface area contributed by atoms with Crippen molar-refractivity contribution in [3.63, 3.8) is 0 Å². The number of para-hydroxylation sites is 1. The number of hydrogen-bond acceptors (Lipinski definition) is 1. The van der Waals surface area contributed by atoms with Crippen molar-refractivity contribution in [2.24, 2.45) is 0 Å². The van der Waals surface area contributed by atoms with E-state index in [1.165, 1.54) is 100 Å². The summed E-state index contributed by atoms with van der Waals surface area (Å²) in [5.74, 6) is 0. The SMILES string of the molecule is Cc1ccc2c(c1)C1(c3cccc(C)c3-2)c2c(-c3ccccc3N(c3ccc(-c4ccccc4)cc3)c3ccc(-c4ccccc4)cc3)cccc2-c2c(C)ccc(C)c21. The molecule has 0 saturated carbocycles. The molecular formula is C59H45N. The van der Waals surface area contributed by atoms with Gasteiger partial charge in [0, 0.05) is 16.9 Å². The van der Waals surface area contributed by atoms with Crippen LogP contribution in [0.4, 0.5) is 17.1 Å². The van der Waals surface area contributed by atoms with Gasteiger partial charge in [-0.05, 0) is 147 Å². The van der Waals surface area contributed by atoms with E-state index in [1.54, 1.807) is 0 Å². The summed E-state index contributed by atoms with van der Waals surface area (Å²) in [6, 6.07) is 74.3. The molecule has 0 fully saturated rings. The molecule has 0 heterocycles. The van der Waals surface area contributed by atoms with Crippen LogP contribution in [0.1, 0.15) is 44.5 Å². The lowest BCUT2D eigenvalue weighted by molar-refractivity contribution is 0.786. The molecule has 2 aliphatic rings. The monoisotopic (exact) mass is 767 g/mol. The molecule has 9 aromatic carbocycles. The van der Waals surface area contributed by atoms with Crippen LogP contribution >= 0.6 is 0 Å². The van der Waals surface area contributed by atoms with E-state index in [4.69, 9.17) is 0 Å². The third-order valence-corrected chi connectivity index (χ3v) is 13.1. The molecule has 9 aromatic rings. The summed E-state index contributed by atoms with van der Waals surface area (Å²) in [7, 11) is 0. The van der Waals surface area contributed by atoms with Crippen molar-refractivity contribution in [2.45, 2.75) is 33.1 Å². The Bertz CT molecular complexity index is 3020. The van der Waals surface area contributed by atoms with Gasteiger partial charge in [-0.3, -0.25) is 0 Å². The summed E-state index contributed by atoms with van der Waals surface area (Å²) >= 11 is 0. The van der Waals surface area contributed by atoms with Gasteiger partial charge in [0.15, 0.2) is 0 Å². The van der Waals surface area contributed by atoms with Crippen LogP contribution in [0.15, 0.2) is 200 Å². The molecule has 1 heteroatoms. The van der Waals surface area contributed by atoms with Crippen LogP contribution < -0.4 is 4.90 Å². The van der Waals surface area contributed by atoms with E-state index in [1.807, 2.05) is 0 Å².